The maximum Gasteiger partial charge on any atom is 0.0655 e. The molecule has 0 heterocycles. The first-order chi connectivity index (χ1) is 7.33. The summed E-state index contributed by atoms with van der Waals surface area (Å²) in [4.78, 5) is 0. The Morgan fingerprint density at radius 2 is 1.87 bits per heavy atom. The molecule has 78 valence electrons. The van der Waals surface area contributed by atoms with Crippen molar-refractivity contribution >= 4 is 10.8 Å². The second-order valence-corrected chi connectivity index (χ2v) is 3.63. The topological polar surface area (TPSA) is 35.2 Å². The van der Waals surface area contributed by atoms with E-state index in [0.29, 0.717) is 6.61 Å². The summed E-state index contributed by atoms with van der Waals surface area (Å²) < 4.78 is 5.08. The van der Waals surface area contributed by atoms with Crippen LogP contribution in [0.15, 0.2) is 42.5 Å². The van der Waals surface area contributed by atoms with E-state index in [1.54, 1.807) is 7.11 Å². The minimum atomic E-state index is -0.0545. The first-order valence-electron chi connectivity index (χ1n) is 5.05. The van der Waals surface area contributed by atoms with Crippen LogP contribution in [-0.2, 0) is 4.74 Å². The summed E-state index contributed by atoms with van der Waals surface area (Å²) in [7, 11) is 1.67. The normalized spacial score (nSPS) is 12.9. The van der Waals surface area contributed by atoms with Crippen molar-refractivity contribution in [1.29, 1.82) is 0 Å². The lowest BCUT2D eigenvalue weighted by Gasteiger charge is -2.13. The molecule has 0 aliphatic carbocycles. The molecule has 2 aromatic rings. The van der Waals surface area contributed by atoms with Gasteiger partial charge in [-0.1, -0.05) is 42.5 Å². The highest BCUT2D eigenvalue weighted by Crippen LogP contribution is 2.22. The van der Waals surface area contributed by atoms with Crippen molar-refractivity contribution in [2.75, 3.05) is 13.7 Å². The molecule has 15 heavy (non-hydrogen) atoms. The lowest BCUT2D eigenvalue weighted by atomic mass is 10.00. The molecule has 1 unspecified atom stereocenters. The average Bonchev–Trinajstić information content (AvgIpc) is 2.28. The van der Waals surface area contributed by atoms with Gasteiger partial charge in [-0.05, 0) is 16.3 Å². The van der Waals surface area contributed by atoms with Gasteiger partial charge in [-0.3, -0.25) is 0 Å². The van der Waals surface area contributed by atoms with Crippen LogP contribution >= 0.6 is 0 Å². The molecule has 0 spiro atoms. The molecule has 0 fully saturated rings. The van der Waals surface area contributed by atoms with Crippen molar-refractivity contribution in [3.05, 3.63) is 48.0 Å². The van der Waals surface area contributed by atoms with Gasteiger partial charge in [0.25, 0.3) is 0 Å². The Morgan fingerprint density at radius 1 is 1.13 bits per heavy atom. The van der Waals surface area contributed by atoms with Crippen LogP contribution in [-0.4, -0.2) is 13.7 Å². The lowest BCUT2D eigenvalue weighted by molar-refractivity contribution is 0.181. The van der Waals surface area contributed by atoms with Crippen LogP contribution < -0.4 is 5.73 Å². The van der Waals surface area contributed by atoms with Crippen molar-refractivity contribution < 1.29 is 4.74 Å². The molecule has 2 aromatic carbocycles. The molecule has 0 bridgehead atoms. The van der Waals surface area contributed by atoms with Crippen LogP contribution in [0.1, 0.15) is 11.6 Å². The smallest absolute Gasteiger partial charge is 0.0655 e. The van der Waals surface area contributed by atoms with E-state index in [9.17, 15) is 0 Å². The molecule has 0 saturated heterocycles. The lowest BCUT2D eigenvalue weighted by Crippen LogP contribution is -2.16. The van der Waals surface area contributed by atoms with Gasteiger partial charge in [-0.15, -0.1) is 0 Å². The largest absolute Gasteiger partial charge is 0.383 e. The fraction of sp³-hybridized carbons (Fsp3) is 0.231. The van der Waals surface area contributed by atoms with E-state index in [0.717, 1.165) is 5.56 Å². The van der Waals surface area contributed by atoms with Gasteiger partial charge in [0.1, 0.15) is 0 Å². The molecule has 0 radical (unpaired) electrons. The van der Waals surface area contributed by atoms with Crippen LogP contribution in [0, 0.1) is 0 Å². The third-order valence-corrected chi connectivity index (χ3v) is 2.57. The summed E-state index contributed by atoms with van der Waals surface area (Å²) in [5.41, 5.74) is 7.19. The van der Waals surface area contributed by atoms with E-state index in [1.807, 2.05) is 18.2 Å². The minimum absolute atomic E-state index is 0.0545. The van der Waals surface area contributed by atoms with Gasteiger partial charge in [0, 0.05) is 7.11 Å². The van der Waals surface area contributed by atoms with E-state index in [1.165, 1.54) is 10.8 Å². The fourth-order valence-corrected chi connectivity index (χ4v) is 1.84. The van der Waals surface area contributed by atoms with Crippen LogP contribution in [0.2, 0.25) is 0 Å². The van der Waals surface area contributed by atoms with Crippen molar-refractivity contribution in [2.24, 2.45) is 5.73 Å². The highest BCUT2D eigenvalue weighted by molar-refractivity contribution is 5.86. The first-order valence-corrected chi connectivity index (χ1v) is 5.05. The van der Waals surface area contributed by atoms with E-state index >= 15 is 0 Å². The quantitative estimate of drug-likeness (QED) is 0.828. The zero-order valence-electron chi connectivity index (χ0n) is 8.81. The molecule has 2 N–H and O–H groups in total. The van der Waals surface area contributed by atoms with Gasteiger partial charge < -0.3 is 10.5 Å². The number of nitrogens with two attached hydrogens (primary N) is 1. The van der Waals surface area contributed by atoms with Crippen LogP contribution in [0.3, 0.4) is 0 Å². The Balaban J connectivity index is 2.50. The van der Waals surface area contributed by atoms with E-state index in [-0.39, 0.29) is 6.04 Å². The molecule has 0 aromatic heterocycles. The Bertz CT molecular complexity index is 448. The highest BCUT2D eigenvalue weighted by atomic mass is 16.5. The molecule has 0 amide bonds. The third-order valence-electron chi connectivity index (χ3n) is 2.57. The summed E-state index contributed by atoms with van der Waals surface area (Å²) in [5.74, 6) is 0. The molecule has 0 saturated carbocycles. The van der Waals surface area contributed by atoms with E-state index < -0.39 is 0 Å². The highest BCUT2D eigenvalue weighted by Gasteiger charge is 2.08. The Hall–Kier alpha value is -1.38. The van der Waals surface area contributed by atoms with Gasteiger partial charge in [0.2, 0.25) is 0 Å². The Morgan fingerprint density at radius 3 is 2.67 bits per heavy atom. The molecular weight excluding hydrogens is 186 g/mol. The summed E-state index contributed by atoms with van der Waals surface area (Å²) in [6, 6.07) is 14.4. The number of rotatable bonds is 3. The monoisotopic (exact) mass is 201 g/mol. The van der Waals surface area contributed by atoms with Crippen LogP contribution in [0.5, 0.6) is 0 Å². The Labute approximate surface area is 89.7 Å². The molecule has 2 heteroatoms. The molecule has 1 atom stereocenters. The minimum Gasteiger partial charge on any atom is -0.383 e. The summed E-state index contributed by atoms with van der Waals surface area (Å²) in [6.45, 7) is 0.550. The third kappa shape index (κ3) is 2.01. The van der Waals surface area contributed by atoms with Crippen molar-refractivity contribution in [2.45, 2.75) is 6.04 Å². The molecule has 0 aliphatic rings. The summed E-state index contributed by atoms with van der Waals surface area (Å²) >= 11 is 0. The summed E-state index contributed by atoms with van der Waals surface area (Å²) in [5, 5.41) is 2.44. The van der Waals surface area contributed by atoms with Crippen LogP contribution in [0.25, 0.3) is 10.8 Å². The van der Waals surface area contributed by atoms with Gasteiger partial charge >= 0.3 is 0 Å². The standard InChI is InChI=1S/C13H15NO/c1-15-9-13(14)12-8-4-6-10-5-2-3-7-11(10)12/h2-8,13H,9,14H2,1H3. The number of methoxy groups -OCH3 is 1. The average molecular weight is 201 g/mol. The number of hydrogen-bond donors (Lipinski definition) is 1. The first kappa shape index (κ1) is 10.1. The zero-order valence-corrected chi connectivity index (χ0v) is 8.81. The van der Waals surface area contributed by atoms with Crippen molar-refractivity contribution in [1.82, 2.24) is 0 Å². The molecule has 2 nitrogen and oxygen atoms in total. The fourth-order valence-electron chi connectivity index (χ4n) is 1.84. The van der Waals surface area contributed by atoms with Gasteiger partial charge in [0.05, 0.1) is 12.6 Å². The predicted octanol–water partition coefficient (Wildman–Crippen LogP) is 2.49. The van der Waals surface area contributed by atoms with Gasteiger partial charge in [-0.25, -0.2) is 0 Å². The Kier molecular flexibility index (Phi) is 2.99. The van der Waals surface area contributed by atoms with Crippen molar-refractivity contribution in [3.8, 4) is 0 Å². The van der Waals surface area contributed by atoms with E-state index in [4.69, 9.17) is 10.5 Å². The molecule has 2 rings (SSSR count). The van der Waals surface area contributed by atoms with Crippen molar-refractivity contribution in [3.63, 3.8) is 0 Å². The van der Waals surface area contributed by atoms with Gasteiger partial charge in [-0.2, -0.15) is 0 Å². The molecular formula is C13H15NO. The maximum absolute atomic E-state index is 6.05. The number of ether oxygens (including phenoxy) is 1. The zero-order chi connectivity index (χ0) is 10.7. The number of fused-ring (bicyclic) bond motifs is 1. The SMILES string of the molecule is COCC(N)c1cccc2ccccc12. The predicted molar refractivity (Wildman–Crippen MR) is 62.8 cm³/mol. The van der Waals surface area contributed by atoms with Gasteiger partial charge in [0.15, 0.2) is 0 Å². The second kappa shape index (κ2) is 4.43. The van der Waals surface area contributed by atoms with E-state index in [2.05, 4.69) is 24.3 Å². The number of benzene rings is 2. The number of hydrogen-bond acceptors (Lipinski definition) is 2. The van der Waals surface area contributed by atoms with Crippen LogP contribution in [0.4, 0.5) is 0 Å². The maximum atomic E-state index is 6.05. The molecule has 0 aliphatic heterocycles. The summed E-state index contributed by atoms with van der Waals surface area (Å²) in [6.07, 6.45) is 0. The second-order valence-electron chi connectivity index (χ2n) is 3.63.